The van der Waals surface area contributed by atoms with Gasteiger partial charge in [-0.25, -0.2) is 4.39 Å². The molecule has 1 aliphatic rings. The van der Waals surface area contributed by atoms with Crippen molar-refractivity contribution in [2.45, 2.75) is 31.9 Å². The highest BCUT2D eigenvalue weighted by Crippen LogP contribution is 2.16. The first-order valence-electron chi connectivity index (χ1n) is 8.97. The number of carbonyl (C=O) groups excluding carboxylic acids is 1. The van der Waals surface area contributed by atoms with Crippen molar-refractivity contribution in [3.05, 3.63) is 35.6 Å². The third-order valence-corrected chi connectivity index (χ3v) is 4.34. The van der Waals surface area contributed by atoms with Crippen molar-refractivity contribution in [1.82, 2.24) is 15.5 Å². The first kappa shape index (κ1) is 20.1. The molecule has 0 radical (unpaired) electrons. The van der Waals surface area contributed by atoms with E-state index in [2.05, 4.69) is 15.6 Å². The number of carbonyl (C=O) groups is 1. The maximum absolute atomic E-state index is 13.7. The van der Waals surface area contributed by atoms with Crippen molar-refractivity contribution in [2.24, 2.45) is 10.7 Å². The minimum absolute atomic E-state index is 0.0663. The zero-order chi connectivity index (χ0) is 18.9. The number of nitrogens with two attached hydrogens (primary N) is 1. The van der Waals surface area contributed by atoms with Crippen LogP contribution in [-0.4, -0.2) is 60.6 Å². The predicted molar refractivity (Wildman–Crippen MR) is 99.1 cm³/mol. The average Bonchev–Trinajstić information content (AvgIpc) is 2.61. The second-order valence-electron chi connectivity index (χ2n) is 6.42. The van der Waals surface area contributed by atoms with E-state index < -0.39 is 11.9 Å². The van der Waals surface area contributed by atoms with Crippen LogP contribution in [0.15, 0.2) is 29.3 Å². The molecule has 2 rings (SSSR count). The summed E-state index contributed by atoms with van der Waals surface area (Å²) in [4.78, 5) is 17.4. The van der Waals surface area contributed by atoms with Gasteiger partial charge in [-0.2, -0.15) is 0 Å². The SMILES string of the molecule is CCNC(=NCC(O)c1ccccc1F)NC1CCN(CC(N)=O)CC1. The highest BCUT2D eigenvalue weighted by molar-refractivity contribution is 5.80. The summed E-state index contributed by atoms with van der Waals surface area (Å²) in [5, 5.41) is 16.7. The zero-order valence-electron chi connectivity index (χ0n) is 15.1. The van der Waals surface area contributed by atoms with Crippen molar-refractivity contribution in [1.29, 1.82) is 0 Å². The minimum Gasteiger partial charge on any atom is -0.386 e. The van der Waals surface area contributed by atoms with Crippen molar-refractivity contribution in [3.63, 3.8) is 0 Å². The molecule has 1 unspecified atom stereocenters. The molecule has 0 spiro atoms. The standard InChI is InChI=1S/C18H28FN5O2/c1-2-21-18(22-11-16(25)14-5-3-4-6-15(14)19)23-13-7-9-24(10-8-13)12-17(20)26/h3-6,13,16,25H,2,7-12H2,1H3,(H2,20,26)(H2,21,22,23). The van der Waals surface area contributed by atoms with Gasteiger partial charge in [-0.05, 0) is 25.8 Å². The Hall–Kier alpha value is -2.19. The largest absolute Gasteiger partial charge is 0.386 e. The molecule has 8 heteroatoms. The van der Waals surface area contributed by atoms with E-state index >= 15 is 0 Å². The molecule has 0 aliphatic carbocycles. The summed E-state index contributed by atoms with van der Waals surface area (Å²) in [5.41, 5.74) is 5.47. The summed E-state index contributed by atoms with van der Waals surface area (Å²) < 4.78 is 13.7. The fourth-order valence-electron chi connectivity index (χ4n) is 2.99. The Labute approximate surface area is 153 Å². The zero-order valence-corrected chi connectivity index (χ0v) is 15.1. The van der Waals surface area contributed by atoms with E-state index in [4.69, 9.17) is 5.73 Å². The monoisotopic (exact) mass is 365 g/mol. The number of piperidine rings is 1. The van der Waals surface area contributed by atoms with E-state index in [1.54, 1.807) is 18.2 Å². The lowest BCUT2D eigenvalue weighted by Gasteiger charge is -2.32. The van der Waals surface area contributed by atoms with Crippen LogP contribution in [0.1, 0.15) is 31.4 Å². The molecule has 0 bridgehead atoms. The van der Waals surface area contributed by atoms with Crippen LogP contribution in [0.4, 0.5) is 4.39 Å². The van der Waals surface area contributed by atoms with E-state index in [0.717, 1.165) is 25.9 Å². The highest BCUT2D eigenvalue weighted by atomic mass is 19.1. The van der Waals surface area contributed by atoms with Gasteiger partial charge in [0.05, 0.1) is 13.1 Å². The minimum atomic E-state index is -0.996. The number of amides is 1. The lowest BCUT2D eigenvalue weighted by Crippen LogP contribution is -2.49. The van der Waals surface area contributed by atoms with E-state index in [-0.39, 0.29) is 30.6 Å². The molecule has 1 aromatic carbocycles. The Morgan fingerprint density at radius 2 is 2.12 bits per heavy atom. The van der Waals surface area contributed by atoms with Crippen molar-refractivity contribution < 1.29 is 14.3 Å². The smallest absolute Gasteiger partial charge is 0.231 e. The molecule has 144 valence electrons. The summed E-state index contributed by atoms with van der Waals surface area (Å²) in [6.45, 7) is 4.57. The Kier molecular flexibility index (Phi) is 7.80. The molecule has 1 aromatic rings. The van der Waals surface area contributed by atoms with Crippen LogP contribution < -0.4 is 16.4 Å². The third-order valence-electron chi connectivity index (χ3n) is 4.34. The maximum atomic E-state index is 13.7. The number of benzene rings is 1. The van der Waals surface area contributed by atoms with Gasteiger partial charge in [0.15, 0.2) is 5.96 Å². The van der Waals surface area contributed by atoms with E-state index in [1.807, 2.05) is 11.8 Å². The van der Waals surface area contributed by atoms with Gasteiger partial charge in [0.2, 0.25) is 5.91 Å². The molecule has 1 atom stereocenters. The van der Waals surface area contributed by atoms with Gasteiger partial charge in [-0.1, -0.05) is 18.2 Å². The number of rotatable bonds is 7. The number of primary amides is 1. The van der Waals surface area contributed by atoms with Gasteiger partial charge >= 0.3 is 0 Å². The number of guanidine groups is 1. The van der Waals surface area contributed by atoms with Crippen LogP contribution in [-0.2, 0) is 4.79 Å². The fourth-order valence-corrected chi connectivity index (χ4v) is 2.99. The number of aliphatic hydroxyl groups is 1. The van der Waals surface area contributed by atoms with Crippen LogP contribution in [0.3, 0.4) is 0 Å². The Morgan fingerprint density at radius 1 is 1.42 bits per heavy atom. The second-order valence-corrected chi connectivity index (χ2v) is 6.42. The topological polar surface area (TPSA) is 103 Å². The van der Waals surface area contributed by atoms with Crippen molar-refractivity contribution in [2.75, 3.05) is 32.7 Å². The van der Waals surface area contributed by atoms with Crippen LogP contribution in [0, 0.1) is 5.82 Å². The molecule has 0 aromatic heterocycles. The molecule has 1 amide bonds. The number of hydrogen-bond acceptors (Lipinski definition) is 4. The Morgan fingerprint density at radius 3 is 2.73 bits per heavy atom. The first-order chi connectivity index (χ1) is 12.5. The fraction of sp³-hybridized carbons (Fsp3) is 0.556. The number of likely N-dealkylation sites (tertiary alicyclic amines) is 1. The average molecular weight is 365 g/mol. The van der Waals surface area contributed by atoms with E-state index in [9.17, 15) is 14.3 Å². The highest BCUT2D eigenvalue weighted by Gasteiger charge is 2.21. The van der Waals surface area contributed by atoms with Gasteiger partial charge in [-0.15, -0.1) is 0 Å². The second kappa shape index (κ2) is 10.1. The third kappa shape index (κ3) is 6.27. The Balaban J connectivity index is 1.89. The molecule has 1 heterocycles. The van der Waals surface area contributed by atoms with Gasteiger partial charge in [0.1, 0.15) is 11.9 Å². The number of nitrogens with zero attached hydrogens (tertiary/aromatic N) is 2. The van der Waals surface area contributed by atoms with Crippen molar-refractivity contribution >= 4 is 11.9 Å². The lowest BCUT2D eigenvalue weighted by molar-refractivity contribution is -0.119. The molecule has 1 aliphatic heterocycles. The van der Waals surface area contributed by atoms with E-state index in [1.165, 1.54) is 6.07 Å². The van der Waals surface area contributed by atoms with Gasteiger partial charge in [0, 0.05) is 31.2 Å². The van der Waals surface area contributed by atoms with Crippen LogP contribution in [0.25, 0.3) is 0 Å². The number of halogens is 1. The summed E-state index contributed by atoms with van der Waals surface area (Å²) in [5.74, 6) is -0.153. The number of aliphatic imine (C=N–C) groups is 1. The van der Waals surface area contributed by atoms with Crippen LogP contribution in [0.2, 0.25) is 0 Å². The molecular weight excluding hydrogens is 337 g/mol. The summed E-state index contributed by atoms with van der Waals surface area (Å²) in [7, 11) is 0. The quantitative estimate of drug-likeness (QED) is 0.413. The van der Waals surface area contributed by atoms with Gasteiger partial charge in [0.25, 0.3) is 0 Å². The van der Waals surface area contributed by atoms with E-state index in [0.29, 0.717) is 12.5 Å². The van der Waals surface area contributed by atoms with Gasteiger partial charge < -0.3 is 21.5 Å². The normalized spacial score (nSPS) is 17.7. The lowest BCUT2D eigenvalue weighted by atomic mass is 10.1. The van der Waals surface area contributed by atoms with Gasteiger partial charge in [-0.3, -0.25) is 14.7 Å². The summed E-state index contributed by atoms with van der Waals surface area (Å²) in [6, 6.07) is 6.39. The molecule has 0 saturated carbocycles. The molecule has 26 heavy (non-hydrogen) atoms. The number of hydrogen-bond donors (Lipinski definition) is 4. The molecule has 1 saturated heterocycles. The first-order valence-corrected chi connectivity index (χ1v) is 8.97. The van der Waals surface area contributed by atoms with Crippen LogP contribution >= 0.6 is 0 Å². The predicted octanol–water partition coefficient (Wildman–Crippen LogP) is 0.364. The summed E-state index contributed by atoms with van der Waals surface area (Å²) >= 11 is 0. The number of nitrogens with one attached hydrogen (secondary N) is 2. The maximum Gasteiger partial charge on any atom is 0.231 e. The molecule has 1 fully saturated rings. The summed E-state index contributed by atoms with van der Waals surface area (Å²) in [6.07, 6.45) is 0.741. The van der Waals surface area contributed by atoms with Crippen LogP contribution in [0.5, 0.6) is 0 Å². The molecular formula is C18H28FN5O2. The molecule has 7 nitrogen and oxygen atoms in total. The number of aliphatic hydroxyl groups excluding tert-OH is 1. The molecule has 5 N–H and O–H groups in total. The Bertz CT molecular complexity index is 617. The van der Waals surface area contributed by atoms with Crippen molar-refractivity contribution in [3.8, 4) is 0 Å².